The summed E-state index contributed by atoms with van der Waals surface area (Å²) in [7, 11) is 3.89. The van der Waals surface area contributed by atoms with E-state index in [-0.39, 0.29) is 17.9 Å². The van der Waals surface area contributed by atoms with Crippen LogP contribution in [0.4, 0.5) is 11.4 Å². The lowest BCUT2D eigenvalue weighted by molar-refractivity contribution is -0.122. The first-order valence-corrected chi connectivity index (χ1v) is 9.15. The van der Waals surface area contributed by atoms with E-state index in [0.717, 1.165) is 36.3 Å². The van der Waals surface area contributed by atoms with Gasteiger partial charge in [0.25, 0.3) is 5.91 Å². The van der Waals surface area contributed by atoms with Gasteiger partial charge in [0.1, 0.15) is 0 Å². The lowest BCUT2D eigenvalue weighted by Gasteiger charge is -2.22. The van der Waals surface area contributed by atoms with E-state index in [4.69, 9.17) is 5.73 Å². The van der Waals surface area contributed by atoms with E-state index in [9.17, 15) is 9.59 Å². The molecule has 1 fully saturated rings. The summed E-state index contributed by atoms with van der Waals surface area (Å²) >= 11 is 0. The van der Waals surface area contributed by atoms with Crippen LogP contribution in [0, 0.1) is 0 Å². The molecule has 0 saturated carbocycles. The molecular weight excluding hydrogens is 340 g/mol. The van der Waals surface area contributed by atoms with Crippen LogP contribution in [0.25, 0.3) is 0 Å². The van der Waals surface area contributed by atoms with Crippen LogP contribution in [0.5, 0.6) is 0 Å². The van der Waals surface area contributed by atoms with Crippen LogP contribution in [-0.2, 0) is 11.3 Å². The van der Waals surface area contributed by atoms with Gasteiger partial charge in [-0.15, -0.1) is 0 Å². The predicted molar refractivity (Wildman–Crippen MR) is 108 cm³/mol. The highest BCUT2D eigenvalue weighted by atomic mass is 16.2. The number of nitrogens with one attached hydrogen (secondary N) is 1. The van der Waals surface area contributed by atoms with Gasteiger partial charge >= 0.3 is 0 Å². The SMILES string of the molecule is CN(C)c1cccc(C(=O)Nc2cccc(CN3CCCC3C(N)=O)c2)c1. The highest BCUT2D eigenvalue weighted by Gasteiger charge is 2.28. The normalized spacial score (nSPS) is 16.9. The highest BCUT2D eigenvalue weighted by molar-refractivity contribution is 6.04. The van der Waals surface area contributed by atoms with E-state index in [0.29, 0.717) is 12.1 Å². The average molecular weight is 366 g/mol. The molecule has 1 unspecified atom stereocenters. The van der Waals surface area contributed by atoms with Crippen LogP contribution in [-0.4, -0.2) is 43.4 Å². The summed E-state index contributed by atoms with van der Waals surface area (Å²) in [6, 6.07) is 15.0. The minimum absolute atomic E-state index is 0.146. The molecule has 0 spiro atoms. The van der Waals surface area contributed by atoms with Crippen molar-refractivity contribution in [2.45, 2.75) is 25.4 Å². The predicted octanol–water partition coefficient (Wildman–Crippen LogP) is 2.45. The number of amides is 2. The summed E-state index contributed by atoms with van der Waals surface area (Å²) in [5.74, 6) is -0.412. The molecule has 1 aliphatic heterocycles. The Morgan fingerprint density at radius 3 is 2.70 bits per heavy atom. The Morgan fingerprint density at radius 2 is 1.96 bits per heavy atom. The zero-order chi connectivity index (χ0) is 19.4. The Bertz CT molecular complexity index is 834. The smallest absolute Gasteiger partial charge is 0.255 e. The highest BCUT2D eigenvalue weighted by Crippen LogP contribution is 2.22. The molecule has 0 radical (unpaired) electrons. The number of anilines is 2. The number of hydrogen-bond acceptors (Lipinski definition) is 4. The van der Waals surface area contributed by atoms with Crippen molar-refractivity contribution in [1.29, 1.82) is 0 Å². The van der Waals surface area contributed by atoms with Crippen molar-refractivity contribution in [3.8, 4) is 0 Å². The Kier molecular flexibility index (Phi) is 5.76. The van der Waals surface area contributed by atoms with Gasteiger partial charge < -0.3 is 16.0 Å². The van der Waals surface area contributed by atoms with Gasteiger partial charge in [-0.25, -0.2) is 0 Å². The van der Waals surface area contributed by atoms with Gasteiger partial charge in [0.2, 0.25) is 5.91 Å². The maximum Gasteiger partial charge on any atom is 0.255 e. The van der Waals surface area contributed by atoms with E-state index in [1.54, 1.807) is 6.07 Å². The molecule has 2 aromatic carbocycles. The molecule has 2 amide bonds. The van der Waals surface area contributed by atoms with Crippen molar-refractivity contribution in [2.75, 3.05) is 30.9 Å². The van der Waals surface area contributed by atoms with Crippen molar-refractivity contribution in [3.05, 3.63) is 59.7 Å². The van der Waals surface area contributed by atoms with Crippen LogP contribution in [0.1, 0.15) is 28.8 Å². The van der Waals surface area contributed by atoms with Crippen molar-refractivity contribution in [1.82, 2.24) is 4.90 Å². The Balaban J connectivity index is 1.69. The number of likely N-dealkylation sites (tertiary alicyclic amines) is 1. The topological polar surface area (TPSA) is 78.7 Å². The van der Waals surface area contributed by atoms with Crippen LogP contribution < -0.4 is 16.0 Å². The van der Waals surface area contributed by atoms with Gasteiger partial charge in [-0.3, -0.25) is 14.5 Å². The maximum absolute atomic E-state index is 12.6. The van der Waals surface area contributed by atoms with E-state index in [1.165, 1.54) is 0 Å². The molecular formula is C21H26N4O2. The fourth-order valence-corrected chi connectivity index (χ4v) is 3.45. The summed E-state index contributed by atoms with van der Waals surface area (Å²) in [5, 5.41) is 2.96. The fourth-order valence-electron chi connectivity index (χ4n) is 3.45. The van der Waals surface area contributed by atoms with E-state index in [2.05, 4.69) is 10.2 Å². The zero-order valence-corrected chi connectivity index (χ0v) is 15.8. The Hall–Kier alpha value is -2.86. The standard InChI is InChI=1S/C21H26N4O2/c1-24(2)18-9-4-7-16(13-18)21(27)23-17-8-3-6-15(12-17)14-25-11-5-10-19(25)20(22)26/h3-4,6-9,12-13,19H,5,10-11,14H2,1-2H3,(H2,22,26)(H,23,27). The van der Waals surface area contributed by atoms with Gasteiger partial charge in [-0.05, 0) is 55.3 Å². The quantitative estimate of drug-likeness (QED) is 0.823. The van der Waals surface area contributed by atoms with Crippen LogP contribution in [0.2, 0.25) is 0 Å². The number of benzene rings is 2. The lowest BCUT2D eigenvalue weighted by Crippen LogP contribution is -2.39. The molecule has 1 atom stereocenters. The monoisotopic (exact) mass is 366 g/mol. The van der Waals surface area contributed by atoms with E-state index >= 15 is 0 Å². The summed E-state index contributed by atoms with van der Waals surface area (Å²) in [4.78, 5) is 28.2. The third-order valence-corrected chi connectivity index (χ3v) is 4.89. The van der Waals surface area contributed by atoms with Crippen molar-refractivity contribution in [3.63, 3.8) is 0 Å². The molecule has 3 rings (SSSR count). The molecule has 3 N–H and O–H groups in total. The largest absolute Gasteiger partial charge is 0.378 e. The minimum Gasteiger partial charge on any atom is -0.378 e. The number of nitrogens with zero attached hydrogens (tertiary/aromatic N) is 2. The number of rotatable bonds is 6. The first-order chi connectivity index (χ1) is 12.9. The summed E-state index contributed by atoms with van der Waals surface area (Å²) in [5.41, 5.74) is 8.86. The minimum atomic E-state index is -0.266. The first-order valence-electron chi connectivity index (χ1n) is 9.15. The second-order valence-corrected chi connectivity index (χ2v) is 7.13. The molecule has 1 aliphatic rings. The number of hydrogen-bond donors (Lipinski definition) is 2. The van der Waals surface area contributed by atoms with Crippen LogP contribution in [0.15, 0.2) is 48.5 Å². The average Bonchev–Trinajstić information content (AvgIpc) is 3.10. The van der Waals surface area contributed by atoms with Crippen LogP contribution in [0.3, 0.4) is 0 Å². The van der Waals surface area contributed by atoms with Crippen molar-refractivity contribution < 1.29 is 9.59 Å². The summed E-state index contributed by atoms with van der Waals surface area (Å²) < 4.78 is 0. The zero-order valence-electron chi connectivity index (χ0n) is 15.8. The number of carbonyl (C=O) groups excluding carboxylic acids is 2. The molecule has 0 aromatic heterocycles. The molecule has 27 heavy (non-hydrogen) atoms. The molecule has 0 aliphatic carbocycles. The lowest BCUT2D eigenvalue weighted by atomic mass is 10.1. The van der Waals surface area contributed by atoms with Gasteiger partial charge in [0.05, 0.1) is 6.04 Å². The van der Waals surface area contributed by atoms with E-state index in [1.807, 2.05) is 61.5 Å². The Labute approximate surface area is 159 Å². The summed E-state index contributed by atoms with van der Waals surface area (Å²) in [6.45, 7) is 1.51. The number of primary amides is 1. The summed E-state index contributed by atoms with van der Waals surface area (Å²) in [6.07, 6.45) is 1.79. The molecule has 6 nitrogen and oxygen atoms in total. The van der Waals surface area contributed by atoms with Gasteiger partial charge in [-0.1, -0.05) is 18.2 Å². The maximum atomic E-state index is 12.6. The second-order valence-electron chi connectivity index (χ2n) is 7.13. The third-order valence-electron chi connectivity index (χ3n) is 4.89. The number of nitrogens with two attached hydrogens (primary N) is 1. The molecule has 6 heteroatoms. The molecule has 1 heterocycles. The first kappa shape index (κ1) is 18.9. The molecule has 2 aromatic rings. The molecule has 142 valence electrons. The van der Waals surface area contributed by atoms with Gasteiger partial charge in [0.15, 0.2) is 0 Å². The molecule has 0 bridgehead atoms. The third kappa shape index (κ3) is 4.65. The Morgan fingerprint density at radius 1 is 1.19 bits per heavy atom. The van der Waals surface area contributed by atoms with Crippen molar-refractivity contribution in [2.24, 2.45) is 5.73 Å². The van der Waals surface area contributed by atoms with Gasteiger partial charge in [-0.2, -0.15) is 0 Å². The number of carbonyl (C=O) groups is 2. The fraction of sp³-hybridized carbons (Fsp3) is 0.333. The van der Waals surface area contributed by atoms with Gasteiger partial charge in [0, 0.05) is 37.6 Å². The van der Waals surface area contributed by atoms with Crippen LogP contribution >= 0.6 is 0 Å². The second kappa shape index (κ2) is 8.22. The van der Waals surface area contributed by atoms with Crippen molar-refractivity contribution >= 4 is 23.2 Å². The van der Waals surface area contributed by atoms with E-state index < -0.39 is 0 Å². The molecule has 1 saturated heterocycles.